The van der Waals surface area contributed by atoms with Crippen molar-refractivity contribution in [3.8, 4) is 0 Å². The van der Waals surface area contributed by atoms with E-state index in [0.717, 1.165) is 24.2 Å². The Bertz CT molecular complexity index is 854. The molecule has 1 heterocycles. The predicted molar refractivity (Wildman–Crippen MR) is 95.1 cm³/mol. The highest BCUT2D eigenvalue weighted by molar-refractivity contribution is 5.98. The number of anilines is 1. The second-order valence-electron chi connectivity index (χ2n) is 6.43. The maximum atomic E-state index is 12.2. The van der Waals surface area contributed by atoms with Crippen LogP contribution in [-0.2, 0) is 16.1 Å². The third-order valence-electron chi connectivity index (χ3n) is 4.05. The molecule has 1 aromatic carbocycles. The Hall–Kier alpha value is -3.16. The number of carbonyl (C=O) groups is 3. The zero-order valence-electron chi connectivity index (χ0n) is 14.7. The van der Waals surface area contributed by atoms with Crippen LogP contribution < -0.4 is 16.2 Å². The van der Waals surface area contributed by atoms with Gasteiger partial charge in [0.2, 0.25) is 5.91 Å². The minimum Gasteiger partial charge on any atom is -0.326 e. The Kier molecular flexibility index (Phi) is 5.01. The lowest BCUT2D eigenvalue weighted by molar-refractivity contribution is -0.122. The van der Waals surface area contributed by atoms with Crippen LogP contribution in [-0.4, -0.2) is 27.5 Å². The number of aryl methyl sites for hydroxylation is 2. The Morgan fingerprint density at radius 1 is 1.15 bits per heavy atom. The van der Waals surface area contributed by atoms with Crippen LogP contribution >= 0.6 is 0 Å². The van der Waals surface area contributed by atoms with E-state index in [9.17, 15) is 14.4 Å². The van der Waals surface area contributed by atoms with Crippen LogP contribution in [0.1, 0.15) is 34.6 Å². The summed E-state index contributed by atoms with van der Waals surface area (Å²) in [5.41, 5.74) is 7.32. The maximum absolute atomic E-state index is 12.2. The molecule has 1 aliphatic rings. The molecule has 3 rings (SSSR count). The van der Waals surface area contributed by atoms with Gasteiger partial charge in [-0.2, -0.15) is 5.10 Å². The fraction of sp³-hybridized carbons (Fsp3) is 0.333. The topological polar surface area (TPSA) is 105 Å². The lowest BCUT2D eigenvalue weighted by atomic mass is 10.2. The van der Waals surface area contributed by atoms with Crippen molar-refractivity contribution < 1.29 is 14.4 Å². The molecule has 0 bridgehead atoms. The first-order valence-corrected chi connectivity index (χ1v) is 8.43. The van der Waals surface area contributed by atoms with Gasteiger partial charge in [-0.1, -0.05) is 6.07 Å². The highest BCUT2D eigenvalue weighted by atomic mass is 16.2. The SMILES string of the molecule is Cc1cc(C)n(CC(=O)NNC(=O)c2cccc(NC(=O)C3CC3)c2)n1. The minimum atomic E-state index is -0.464. The molecule has 8 nitrogen and oxygen atoms in total. The smallest absolute Gasteiger partial charge is 0.269 e. The van der Waals surface area contributed by atoms with Crippen molar-refractivity contribution in [2.75, 3.05) is 5.32 Å². The number of nitrogens with zero attached hydrogens (tertiary/aromatic N) is 2. The van der Waals surface area contributed by atoms with E-state index in [1.807, 2.05) is 19.9 Å². The third-order valence-corrected chi connectivity index (χ3v) is 4.05. The van der Waals surface area contributed by atoms with Gasteiger partial charge in [0.25, 0.3) is 11.8 Å². The van der Waals surface area contributed by atoms with Crippen molar-refractivity contribution in [2.45, 2.75) is 33.2 Å². The van der Waals surface area contributed by atoms with Gasteiger partial charge in [-0.3, -0.25) is 29.9 Å². The number of hydrazine groups is 1. The number of carbonyl (C=O) groups excluding carboxylic acids is 3. The summed E-state index contributed by atoms with van der Waals surface area (Å²) in [6.07, 6.45) is 1.82. The van der Waals surface area contributed by atoms with Gasteiger partial charge in [0.05, 0.1) is 5.69 Å². The molecule has 0 saturated heterocycles. The molecule has 0 unspecified atom stereocenters. The summed E-state index contributed by atoms with van der Waals surface area (Å²) in [6.45, 7) is 3.71. The molecule has 0 aliphatic heterocycles. The van der Waals surface area contributed by atoms with Crippen molar-refractivity contribution in [2.24, 2.45) is 5.92 Å². The predicted octanol–water partition coefficient (Wildman–Crippen LogP) is 1.31. The number of hydrogen-bond acceptors (Lipinski definition) is 4. The molecule has 3 N–H and O–H groups in total. The van der Waals surface area contributed by atoms with Crippen molar-refractivity contribution in [1.29, 1.82) is 0 Å². The van der Waals surface area contributed by atoms with Crippen LogP contribution in [0.5, 0.6) is 0 Å². The molecule has 1 fully saturated rings. The molecule has 3 amide bonds. The van der Waals surface area contributed by atoms with Crippen LogP contribution in [0.15, 0.2) is 30.3 Å². The molecule has 8 heteroatoms. The van der Waals surface area contributed by atoms with Crippen molar-refractivity contribution in [3.05, 3.63) is 47.3 Å². The van der Waals surface area contributed by atoms with Crippen LogP contribution in [0.4, 0.5) is 5.69 Å². The number of amides is 3. The van der Waals surface area contributed by atoms with Crippen LogP contribution in [0.2, 0.25) is 0 Å². The maximum Gasteiger partial charge on any atom is 0.269 e. The summed E-state index contributed by atoms with van der Waals surface area (Å²) in [6, 6.07) is 8.44. The minimum absolute atomic E-state index is 0.0113. The van der Waals surface area contributed by atoms with Crippen LogP contribution in [0.3, 0.4) is 0 Å². The number of benzene rings is 1. The largest absolute Gasteiger partial charge is 0.326 e. The number of hydrogen-bond donors (Lipinski definition) is 3. The molecular formula is C18H21N5O3. The van der Waals surface area contributed by atoms with E-state index in [4.69, 9.17) is 0 Å². The molecule has 2 aromatic rings. The lowest BCUT2D eigenvalue weighted by Gasteiger charge is -2.10. The van der Waals surface area contributed by atoms with Gasteiger partial charge in [-0.25, -0.2) is 0 Å². The van der Waals surface area contributed by atoms with Crippen molar-refractivity contribution >= 4 is 23.4 Å². The zero-order valence-corrected chi connectivity index (χ0v) is 14.7. The molecular weight excluding hydrogens is 334 g/mol. The highest BCUT2D eigenvalue weighted by Crippen LogP contribution is 2.30. The van der Waals surface area contributed by atoms with E-state index in [2.05, 4.69) is 21.3 Å². The third kappa shape index (κ3) is 4.47. The average molecular weight is 355 g/mol. The highest BCUT2D eigenvalue weighted by Gasteiger charge is 2.29. The van der Waals surface area contributed by atoms with Gasteiger partial charge in [0.15, 0.2) is 0 Å². The second-order valence-corrected chi connectivity index (χ2v) is 6.43. The van der Waals surface area contributed by atoms with Gasteiger partial charge < -0.3 is 5.32 Å². The Morgan fingerprint density at radius 2 is 1.92 bits per heavy atom. The first-order chi connectivity index (χ1) is 12.4. The Labute approximate surface area is 150 Å². The molecule has 1 aromatic heterocycles. The van der Waals surface area contributed by atoms with E-state index in [1.165, 1.54) is 0 Å². The molecule has 0 atom stereocenters. The van der Waals surface area contributed by atoms with E-state index in [0.29, 0.717) is 11.3 Å². The van der Waals surface area contributed by atoms with E-state index in [1.54, 1.807) is 28.9 Å². The summed E-state index contributed by atoms with van der Waals surface area (Å²) < 4.78 is 1.56. The first-order valence-electron chi connectivity index (χ1n) is 8.43. The molecule has 0 radical (unpaired) electrons. The average Bonchev–Trinajstić information content (AvgIpc) is 3.40. The monoisotopic (exact) mass is 355 g/mol. The van der Waals surface area contributed by atoms with Gasteiger partial charge >= 0.3 is 0 Å². The Morgan fingerprint density at radius 3 is 2.58 bits per heavy atom. The molecule has 26 heavy (non-hydrogen) atoms. The quantitative estimate of drug-likeness (QED) is 0.703. The van der Waals surface area contributed by atoms with Gasteiger partial charge in [-0.15, -0.1) is 0 Å². The lowest BCUT2D eigenvalue weighted by Crippen LogP contribution is -2.43. The number of nitrogens with one attached hydrogen (secondary N) is 3. The molecule has 0 spiro atoms. The molecule has 1 saturated carbocycles. The number of aromatic nitrogens is 2. The molecule has 1 aliphatic carbocycles. The van der Waals surface area contributed by atoms with E-state index in [-0.39, 0.29) is 24.3 Å². The van der Waals surface area contributed by atoms with Gasteiger partial charge in [0, 0.05) is 22.9 Å². The van der Waals surface area contributed by atoms with E-state index < -0.39 is 5.91 Å². The summed E-state index contributed by atoms with van der Waals surface area (Å²) in [4.78, 5) is 36.0. The van der Waals surface area contributed by atoms with Gasteiger partial charge in [0.1, 0.15) is 6.54 Å². The fourth-order valence-corrected chi connectivity index (χ4v) is 2.54. The second kappa shape index (κ2) is 7.38. The summed E-state index contributed by atoms with van der Waals surface area (Å²) in [5.74, 6) is -0.793. The standard InChI is InChI=1S/C18H21N5O3/c1-11-8-12(2)23(22-11)10-16(24)20-21-18(26)14-4-3-5-15(9-14)19-17(25)13-6-7-13/h3-5,8-9,13H,6-7,10H2,1-2H3,(H,19,25)(H,20,24)(H,21,26). The first kappa shape index (κ1) is 17.7. The summed E-state index contributed by atoms with van der Waals surface area (Å²) >= 11 is 0. The molecule has 136 valence electrons. The normalized spacial score (nSPS) is 13.2. The van der Waals surface area contributed by atoms with Gasteiger partial charge in [-0.05, 0) is 51.0 Å². The van der Waals surface area contributed by atoms with Crippen LogP contribution in [0, 0.1) is 19.8 Å². The van der Waals surface area contributed by atoms with Crippen molar-refractivity contribution in [3.63, 3.8) is 0 Å². The zero-order chi connectivity index (χ0) is 18.7. The number of rotatable bonds is 5. The summed E-state index contributed by atoms with van der Waals surface area (Å²) in [7, 11) is 0. The fourth-order valence-electron chi connectivity index (χ4n) is 2.54. The van der Waals surface area contributed by atoms with E-state index >= 15 is 0 Å². The Balaban J connectivity index is 1.53. The summed E-state index contributed by atoms with van der Waals surface area (Å²) in [5, 5.41) is 6.98. The van der Waals surface area contributed by atoms with Crippen molar-refractivity contribution in [1.82, 2.24) is 20.6 Å². The van der Waals surface area contributed by atoms with Crippen LogP contribution in [0.25, 0.3) is 0 Å².